The lowest BCUT2D eigenvalue weighted by molar-refractivity contribution is -0.384. The summed E-state index contributed by atoms with van der Waals surface area (Å²) in [5.74, 6) is -1.64. The summed E-state index contributed by atoms with van der Waals surface area (Å²) in [6.45, 7) is 4.84. The molecule has 0 spiro atoms. The molecule has 0 radical (unpaired) electrons. The minimum absolute atomic E-state index is 0.0818. The first-order valence-electron chi connectivity index (χ1n) is 9.68. The van der Waals surface area contributed by atoms with Crippen LogP contribution in [-0.2, 0) is 9.59 Å². The molecule has 31 heavy (non-hydrogen) atoms. The van der Waals surface area contributed by atoms with Gasteiger partial charge in [-0.05, 0) is 49.7 Å². The quantitative estimate of drug-likeness (QED) is 0.403. The minimum atomic E-state index is -0.885. The number of aryl methyl sites for hydroxylation is 2. The maximum absolute atomic E-state index is 12.5. The largest absolute Gasteiger partial charge is 0.348 e. The molecule has 2 aromatic rings. The molecule has 0 atom stereocenters. The van der Waals surface area contributed by atoms with Crippen molar-refractivity contribution in [2.24, 2.45) is 5.92 Å². The Labute approximate surface area is 182 Å². The van der Waals surface area contributed by atoms with Gasteiger partial charge in [-0.15, -0.1) is 5.10 Å². The van der Waals surface area contributed by atoms with E-state index in [2.05, 4.69) is 20.2 Å². The maximum Gasteiger partial charge on any atom is 0.313 e. The fraction of sp³-hybridized carbons (Fsp3) is 0.421. The molecule has 11 nitrogen and oxygen atoms in total. The van der Waals surface area contributed by atoms with Crippen LogP contribution in [0.3, 0.4) is 0 Å². The zero-order valence-electron chi connectivity index (χ0n) is 17.1. The highest BCUT2D eigenvalue weighted by molar-refractivity contribution is 7.07. The first-order chi connectivity index (χ1) is 14.8. The van der Waals surface area contributed by atoms with Crippen molar-refractivity contribution in [2.75, 3.05) is 25.0 Å². The van der Waals surface area contributed by atoms with Crippen LogP contribution in [0.15, 0.2) is 18.2 Å². The number of nitrogens with one attached hydrogen (secondary N) is 2. The number of nitrogens with zero attached hydrogens (tertiary/aromatic N) is 4. The fourth-order valence-electron chi connectivity index (χ4n) is 3.27. The first-order valence-corrected chi connectivity index (χ1v) is 10.5. The number of piperidine rings is 1. The molecular weight excluding hydrogens is 424 g/mol. The van der Waals surface area contributed by atoms with Gasteiger partial charge in [0.2, 0.25) is 0 Å². The molecule has 3 rings (SSSR count). The van der Waals surface area contributed by atoms with Gasteiger partial charge in [-0.25, -0.2) is 0 Å². The van der Waals surface area contributed by atoms with Gasteiger partial charge in [0.1, 0.15) is 4.88 Å². The second-order valence-electron chi connectivity index (χ2n) is 7.34. The van der Waals surface area contributed by atoms with Gasteiger partial charge >= 0.3 is 11.8 Å². The van der Waals surface area contributed by atoms with Gasteiger partial charge in [0.05, 0.1) is 16.3 Å². The Morgan fingerprint density at radius 1 is 1.23 bits per heavy atom. The molecule has 0 unspecified atom stereocenters. The Balaban J connectivity index is 1.47. The SMILES string of the molecule is Cc1ccc([N+](=O)[O-])cc1NC(=O)C(=O)NCC1CCN(C(=O)c2snnc2C)CC1. The molecule has 0 bridgehead atoms. The highest BCUT2D eigenvalue weighted by Crippen LogP contribution is 2.22. The summed E-state index contributed by atoms with van der Waals surface area (Å²) in [7, 11) is 0. The first kappa shape index (κ1) is 22.3. The molecule has 1 saturated heterocycles. The van der Waals surface area contributed by atoms with E-state index >= 15 is 0 Å². The summed E-state index contributed by atoms with van der Waals surface area (Å²) >= 11 is 1.08. The van der Waals surface area contributed by atoms with E-state index < -0.39 is 16.7 Å². The molecule has 1 aliphatic heterocycles. The van der Waals surface area contributed by atoms with Crippen LogP contribution in [0.5, 0.6) is 0 Å². The number of non-ortho nitro benzene ring substituents is 1. The second-order valence-corrected chi connectivity index (χ2v) is 8.10. The lowest BCUT2D eigenvalue weighted by Crippen LogP contribution is -2.43. The Hall–Kier alpha value is -3.41. The molecule has 1 aromatic heterocycles. The third-order valence-electron chi connectivity index (χ3n) is 5.19. The zero-order chi connectivity index (χ0) is 22.5. The highest BCUT2D eigenvalue weighted by Gasteiger charge is 2.27. The van der Waals surface area contributed by atoms with Gasteiger partial charge in [0.25, 0.3) is 11.6 Å². The van der Waals surface area contributed by atoms with Crippen LogP contribution in [0.1, 0.15) is 33.8 Å². The van der Waals surface area contributed by atoms with Crippen LogP contribution in [0.4, 0.5) is 11.4 Å². The highest BCUT2D eigenvalue weighted by atomic mass is 32.1. The summed E-state index contributed by atoms with van der Waals surface area (Å²) in [5, 5.41) is 19.8. The van der Waals surface area contributed by atoms with Gasteiger partial charge in [-0.2, -0.15) is 0 Å². The molecule has 1 fully saturated rings. The smallest absolute Gasteiger partial charge is 0.313 e. The van der Waals surface area contributed by atoms with E-state index in [1.807, 2.05) is 0 Å². The molecule has 0 saturated carbocycles. The molecule has 0 aliphatic carbocycles. The molecule has 2 heterocycles. The average molecular weight is 446 g/mol. The van der Waals surface area contributed by atoms with Crippen molar-refractivity contribution in [1.82, 2.24) is 19.8 Å². The number of hydrogen-bond donors (Lipinski definition) is 2. The van der Waals surface area contributed by atoms with Gasteiger partial charge < -0.3 is 15.5 Å². The summed E-state index contributed by atoms with van der Waals surface area (Å²) in [5.41, 5.74) is 1.27. The number of rotatable bonds is 5. The maximum atomic E-state index is 12.5. The molecule has 3 amide bonds. The number of hydrogen-bond acceptors (Lipinski definition) is 8. The van der Waals surface area contributed by atoms with Crippen molar-refractivity contribution in [1.29, 1.82) is 0 Å². The van der Waals surface area contributed by atoms with Crippen molar-refractivity contribution < 1.29 is 19.3 Å². The third kappa shape index (κ3) is 5.40. The van der Waals surface area contributed by atoms with Crippen LogP contribution in [0.25, 0.3) is 0 Å². The number of nitro benzene ring substituents is 1. The van der Waals surface area contributed by atoms with Gasteiger partial charge in [0, 0.05) is 31.8 Å². The van der Waals surface area contributed by atoms with Crippen LogP contribution in [0, 0.1) is 29.9 Å². The Kier molecular flexibility index (Phi) is 6.90. The van der Waals surface area contributed by atoms with Crippen LogP contribution < -0.4 is 10.6 Å². The fourth-order valence-corrected chi connectivity index (χ4v) is 3.89. The van der Waals surface area contributed by atoms with E-state index in [1.165, 1.54) is 18.2 Å². The zero-order valence-corrected chi connectivity index (χ0v) is 17.9. The summed E-state index contributed by atoms with van der Waals surface area (Å²) in [4.78, 5) is 49.4. The molecule has 164 valence electrons. The minimum Gasteiger partial charge on any atom is -0.348 e. The second kappa shape index (κ2) is 9.60. The Morgan fingerprint density at radius 3 is 2.55 bits per heavy atom. The number of nitro groups is 1. The van der Waals surface area contributed by atoms with E-state index in [0.29, 0.717) is 48.6 Å². The van der Waals surface area contributed by atoms with Crippen molar-refractivity contribution in [3.8, 4) is 0 Å². The number of aromatic nitrogens is 2. The van der Waals surface area contributed by atoms with E-state index in [1.54, 1.807) is 18.7 Å². The molecule has 2 N–H and O–H groups in total. The normalized spacial score (nSPS) is 14.2. The van der Waals surface area contributed by atoms with Gasteiger partial charge in [0.15, 0.2) is 0 Å². The summed E-state index contributed by atoms with van der Waals surface area (Å²) in [6, 6.07) is 4.05. The van der Waals surface area contributed by atoms with Crippen LogP contribution in [-0.4, -0.2) is 56.8 Å². The Morgan fingerprint density at radius 2 is 1.94 bits per heavy atom. The summed E-state index contributed by atoms with van der Waals surface area (Å²) in [6.07, 6.45) is 1.39. The predicted molar refractivity (Wildman–Crippen MR) is 113 cm³/mol. The molecule has 1 aromatic carbocycles. The van der Waals surface area contributed by atoms with E-state index in [9.17, 15) is 24.5 Å². The van der Waals surface area contributed by atoms with Crippen molar-refractivity contribution in [3.05, 3.63) is 44.4 Å². The number of amides is 3. The number of anilines is 1. The number of carbonyl (C=O) groups excluding carboxylic acids is 3. The number of benzene rings is 1. The number of carbonyl (C=O) groups is 3. The van der Waals surface area contributed by atoms with E-state index in [0.717, 1.165) is 11.5 Å². The standard InChI is InChI=1S/C19H22N6O5S/c1-11-3-4-14(25(29)30)9-15(11)21-18(27)17(26)20-10-13-5-7-24(8-6-13)19(28)16-12(2)22-23-31-16/h3-4,9,13H,5-8,10H2,1-2H3,(H,20,26)(H,21,27). The lowest BCUT2D eigenvalue weighted by atomic mass is 9.96. The van der Waals surface area contributed by atoms with E-state index in [4.69, 9.17) is 0 Å². The number of likely N-dealkylation sites (tertiary alicyclic amines) is 1. The Bertz CT molecular complexity index is 1010. The third-order valence-corrected chi connectivity index (χ3v) is 6.00. The monoisotopic (exact) mass is 446 g/mol. The van der Waals surface area contributed by atoms with Crippen molar-refractivity contribution >= 4 is 40.6 Å². The molecule has 12 heteroatoms. The topological polar surface area (TPSA) is 147 Å². The van der Waals surface area contributed by atoms with Crippen molar-refractivity contribution in [2.45, 2.75) is 26.7 Å². The van der Waals surface area contributed by atoms with Crippen molar-refractivity contribution in [3.63, 3.8) is 0 Å². The molecular formula is C19H22N6O5S. The average Bonchev–Trinajstić information content (AvgIpc) is 3.19. The van der Waals surface area contributed by atoms with Crippen LogP contribution >= 0.6 is 11.5 Å². The van der Waals surface area contributed by atoms with Crippen LogP contribution in [0.2, 0.25) is 0 Å². The lowest BCUT2D eigenvalue weighted by Gasteiger charge is -2.31. The van der Waals surface area contributed by atoms with Gasteiger partial charge in [-0.1, -0.05) is 10.6 Å². The summed E-state index contributed by atoms with van der Waals surface area (Å²) < 4.78 is 3.79. The predicted octanol–water partition coefficient (Wildman–Crippen LogP) is 1.67. The van der Waals surface area contributed by atoms with E-state index in [-0.39, 0.29) is 23.2 Å². The van der Waals surface area contributed by atoms with Gasteiger partial charge in [-0.3, -0.25) is 24.5 Å². The molecule has 1 aliphatic rings.